The second-order valence-electron chi connectivity index (χ2n) is 2.92. The minimum Gasteiger partial charge on any atom is -0.216 e. The average Bonchev–Trinajstić information content (AvgIpc) is 2.17. The zero-order valence-electron chi connectivity index (χ0n) is 8.49. The van der Waals surface area contributed by atoms with Gasteiger partial charge in [0.25, 0.3) is 0 Å². The van der Waals surface area contributed by atoms with Gasteiger partial charge < -0.3 is 0 Å². The van der Waals surface area contributed by atoms with E-state index in [-0.39, 0.29) is 0 Å². The number of sulfonamides is 1. The quantitative estimate of drug-likeness (QED) is 0.414. The van der Waals surface area contributed by atoms with Crippen molar-refractivity contribution in [3.05, 3.63) is 0 Å². The minimum absolute atomic E-state index is 0.501. The summed E-state index contributed by atoms with van der Waals surface area (Å²) < 4.78 is 25.0. The molecule has 14 heavy (non-hydrogen) atoms. The Morgan fingerprint density at radius 2 is 2.14 bits per heavy atom. The predicted molar refractivity (Wildman–Crippen MR) is 60.9 cm³/mol. The lowest BCUT2D eigenvalue weighted by Gasteiger charge is -2.10. The Kier molecular flexibility index (Phi) is 6.92. The average molecular weight is 236 g/mol. The maximum absolute atomic E-state index is 11.4. The Hall–Kier alpha value is -0.290. The zero-order valence-corrected chi connectivity index (χ0v) is 10.1. The van der Waals surface area contributed by atoms with E-state index >= 15 is 0 Å². The summed E-state index contributed by atoms with van der Waals surface area (Å²) in [6.07, 6.45) is 3.39. The Bertz CT molecular complexity index is 294. The molecule has 0 aromatic heterocycles. The Balaban J connectivity index is 4.38. The first-order chi connectivity index (χ1) is 6.58. The molecule has 0 spiro atoms. The first-order valence-electron chi connectivity index (χ1n) is 4.57. The van der Waals surface area contributed by atoms with Crippen LogP contribution in [-0.2, 0) is 10.0 Å². The van der Waals surface area contributed by atoms with Crippen LogP contribution >= 0.6 is 12.2 Å². The molecule has 0 saturated heterocycles. The van der Waals surface area contributed by atoms with Gasteiger partial charge in [0.15, 0.2) is 5.37 Å². The summed E-state index contributed by atoms with van der Waals surface area (Å²) in [6, 6.07) is 0. The van der Waals surface area contributed by atoms with Crippen molar-refractivity contribution in [3.8, 4) is 0 Å². The Morgan fingerprint density at radius 3 is 2.57 bits per heavy atom. The number of unbranched alkanes of at least 4 members (excludes halogenated alkanes) is 2. The lowest BCUT2D eigenvalue weighted by molar-refractivity contribution is 0.556. The molecule has 0 rings (SSSR count). The number of thiocarbonyl (C=S) groups is 1. The van der Waals surface area contributed by atoms with Crippen LogP contribution in [0.3, 0.4) is 0 Å². The summed E-state index contributed by atoms with van der Waals surface area (Å²) >= 11 is 4.41. The highest BCUT2D eigenvalue weighted by Crippen LogP contribution is 2.11. The van der Waals surface area contributed by atoms with E-state index in [1.165, 1.54) is 7.05 Å². The van der Waals surface area contributed by atoms with Crippen LogP contribution in [0.4, 0.5) is 0 Å². The van der Waals surface area contributed by atoms with Crippen LogP contribution in [0.1, 0.15) is 32.6 Å². The predicted octanol–water partition coefficient (Wildman–Crippen LogP) is 1.54. The van der Waals surface area contributed by atoms with Crippen molar-refractivity contribution in [2.24, 2.45) is 4.99 Å². The first-order valence-corrected chi connectivity index (χ1v) is 6.53. The van der Waals surface area contributed by atoms with Crippen molar-refractivity contribution in [2.45, 2.75) is 38.0 Å². The van der Waals surface area contributed by atoms with Crippen LogP contribution in [0.15, 0.2) is 4.99 Å². The Morgan fingerprint density at radius 1 is 1.50 bits per heavy atom. The maximum Gasteiger partial charge on any atom is 0.235 e. The van der Waals surface area contributed by atoms with Gasteiger partial charge in [0.05, 0.1) is 5.16 Å². The van der Waals surface area contributed by atoms with Crippen molar-refractivity contribution in [1.29, 1.82) is 0 Å². The van der Waals surface area contributed by atoms with Gasteiger partial charge in [0.1, 0.15) is 0 Å². The fourth-order valence-corrected chi connectivity index (χ4v) is 2.19. The van der Waals surface area contributed by atoms with E-state index in [2.05, 4.69) is 34.0 Å². The molecular formula is C8H16N2O2S2. The molecule has 0 aromatic rings. The van der Waals surface area contributed by atoms with Gasteiger partial charge in [-0.05, 0) is 25.7 Å². The number of nitrogens with one attached hydrogen (secondary N) is 1. The summed E-state index contributed by atoms with van der Waals surface area (Å²) in [7, 11) is -1.97. The third kappa shape index (κ3) is 4.81. The molecule has 0 aliphatic carbocycles. The number of rotatable bonds is 7. The standard InChI is InChI=1S/C8H16N2O2S2/c1-3-4-5-6-8(10-7-13)14(11,12)9-2/h8-9H,3-6H2,1-2H3. The molecule has 6 heteroatoms. The lowest BCUT2D eigenvalue weighted by atomic mass is 10.2. The van der Waals surface area contributed by atoms with Gasteiger partial charge in [-0.2, -0.15) is 0 Å². The smallest absolute Gasteiger partial charge is 0.216 e. The third-order valence-electron chi connectivity index (χ3n) is 1.89. The summed E-state index contributed by atoms with van der Waals surface area (Å²) in [5, 5.41) is 1.34. The van der Waals surface area contributed by atoms with Gasteiger partial charge in [-0.15, -0.1) is 0 Å². The van der Waals surface area contributed by atoms with E-state index in [4.69, 9.17) is 0 Å². The molecule has 0 bridgehead atoms. The van der Waals surface area contributed by atoms with Crippen molar-refractivity contribution < 1.29 is 8.42 Å². The highest BCUT2D eigenvalue weighted by atomic mass is 32.2. The topological polar surface area (TPSA) is 58.5 Å². The van der Waals surface area contributed by atoms with Gasteiger partial charge >= 0.3 is 0 Å². The van der Waals surface area contributed by atoms with Crippen LogP contribution in [0.25, 0.3) is 0 Å². The van der Waals surface area contributed by atoms with Crippen LogP contribution in [0, 0.1) is 0 Å². The van der Waals surface area contributed by atoms with Crippen molar-refractivity contribution in [2.75, 3.05) is 7.05 Å². The number of hydrogen-bond donors (Lipinski definition) is 1. The van der Waals surface area contributed by atoms with Crippen LogP contribution in [0.5, 0.6) is 0 Å². The van der Waals surface area contributed by atoms with Crippen LogP contribution < -0.4 is 4.72 Å². The number of hydrogen-bond acceptors (Lipinski definition) is 4. The summed E-state index contributed by atoms with van der Waals surface area (Å²) in [6.45, 7) is 2.06. The van der Waals surface area contributed by atoms with Gasteiger partial charge in [-0.25, -0.2) is 18.1 Å². The lowest BCUT2D eigenvalue weighted by Crippen LogP contribution is -2.30. The molecule has 1 unspecified atom stereocenters. The molecule has 0 radical (unpaired) electrons. The fraction of sp³-hybridized carbons (Fsp3) is 0.875. The normalized spacial score (nSPS) is 13.3. The largest absolute Gasteiger partial charge is 0.235 e. The van der Waals surface area contributed by atoms with Gasteiger partial charge in [-0.1, -0.05) is 26.2 Å². The SMILES string of the molecule is CCCCCC(N=C=S)S(=O)(=O)NC. The molecule has 0 heterocycles. The fourth-order valence-electron chi connectivity index (χ4n) is 1.05. The molecular weight excluding hydrogens is 220 g/mol. The van der Waals surface area contributed by atoms with E-state index in [1.54, 1.807) is 0 Å². The highest BCUT2D eigenvalue weighted by Gasteiger charge is 2.21. The van der Waals surface area contributed by atoms with Crippen molar-refractivity contribution >= 4 is 27.4 Å². The van der Waals surface area contributed by atoms with Gasteiger partial charge in [0.2, 0.25) is 10.0 Å². The van der Waals surface area contributed by atoms with Crippen LogP contribution in [0.2, 0.25) is 0 Å². The number of isothiocyanates is 1. The Labute approximate surface area is 90.9 Å². The first kappa shape index (κ1) is 13.7. The molecule has 1 atom stereocenters. The van der Waals surface area contributed by atoms with E-state index in [0.717, 1.165) is 19.3 Å². The molecule has 0 saturated carbocycles. The van der Waals surface area contributed by atoms with Gasteiger partial charge in [-0.3, -0.25) is 0 Å². The third-order valence-corrected chi connectivity index (χ3v) is 3.63. The van der Waals surface area contributed by atoms with Crippen molar-refractivity contribution in [1.82, 2.24) is 4.72 Å². The molecule has 4 nitrogen and oxygen atoms in total. The maximum atomic E-state index is 11.4. The molecule has 0 aliphatic rings. The molecule has 82 valence electrons. The van der Waals surface area contributed by atoms with Crippen LogP contribution in [-0.4, -0.2) is 26.0 Å². The monoisotopic (exact) mass is 236 g/mol. The summed E-state index contributed by atoms with van der Waals surface area (Å²) in [4.78, 5) is 3.65. The van der Waals surface area contributed by atoms with Crippen molar-refractivity contribution in [3.63, 3.8) is 0 Å². The zero-order chi connectivity index (χ0) is 11.0. The molecule has 0 aliphatic heterocycles. The molecule has 1 N–H and O–H groups in total. The van der Waals surface area contributed by atoms with E-state index in [9.17, 15) is 8.42 Å². The van der Waals surface area contributed by atoms with E-state index in [0.29, 0.717) is 6.42 Å². The van der Waals surface area contributed by atoms with E-state index in [1.807, 2.05) is 0 Å². The van der Waals surface area contributed by atoms with E-state index < -0.39 is 15.4 Å². The second kappa shape index (κ2) is 7.06. The molecule has 0 fully saturated rings. The van der Waals surface area contributed by atoms with Gasteiger partial charge in [0, 0.05) is 0 Å². The number of nitrogens with zero attached hydrogens (tertiary/aromatic N) is 1. The molecule has 0 aromatic carbocycles. The minimum atomic E-state index is -3.35. The number of aliphatic imine (C=N–C) groups is 1. The molecule has 0 amide bonds. The summed E-state index contributed by atoms with van der Waals surface area (Å²) in [5.41, 5.74) is 0. The second-order valence-corrected chi connectivity index (χ2v) is 5.14. The summed E-state index contributed by atoms with van der Waals surface area (Å²) in [5.74, 6) is 0. The highest BCUT2D eigenvalue weighted by molar-refractivity contribution is 7.90.